The molecule has 0 saturated carbocycles. The minimum Gasteiger partial charge on any atom is -0.342 e. The van der Waals surface area contributed by atoms with Crippen LogP contribution in [0.25, 0.3) is 5.65 Å². The summed E-state index contributed by atoms with van der Waals surface area (Å²) in [5, 5.41) is 8.11. The number of alkyl halides is 3. The van der Waals surface area contributed by atoms with Crippen LogP contribution in [0.15, 0.2) is 47.5 Å². The molecule has 3 heterocycles. The number of benzene rings is 1. The maximum atomic E-state index is 13.1. The number of hydrogen-bond acceptors (Lipinski definition) is 5. The number of likely N-dealkylation sites (tertiary alicyclic amines) is 1. The Hall–Kier alpha value is -2.99. The largest absolute Gasteiger partial charge is 0.417 e. The van der Waals surface area contributed by atoms with Gasteiger partial charge in [-0.15, -0.1) is 10.2 Å². The zero-order chi connectivity index (χ0) is 24.5. The first-order valence-electron chi connectivity index (χ1n) is 10.8. The highest BCUT2D eigenvalue weighted by Crippen LogP contribution is 2.31. The fourth-order valence-electron chi connectivity index (χ4n) is 4.13. The lowest BCUT2D eigenvalue weighted by atomic mass is 9.96. The zero-order valence-electron chi connectivity index (χ0n) is 18.4. The summed E-state index contributed by atoms with van der Waals surface area (Å²) in [6.07, 6.45) is -1.38. The van der Waals surface area contributed by atoms with Crippen molar-refractivity contribution in [1.82, 2.24) is 24.2 Å². The van der Waals surface area contributed by atoms with E-state index in [0.29, 0.717) is 43.8 Å². The van der Waals surface area contributed by atoms with Crippen molar-refractivity contribution in [3.8, 4) is 0 Å². The van der Waals surface area contributed by atoms with E-state index < -0.39 is 21.8 Å². The Morgan fingerprint density at radius 2 is 1.88 bits per heavy atom. The van der Waals surface area contributed by atoms with Crippen LogP contribution in [-0.4, -0.2) is 54.0 Å². The molecule has 1 unspecified atom stereocenters. The van der Waals surface area contributed by atoms with Crippen LogP contribution in [-0.2, 0) is 27.4 Å². The Kier molecular flexibility index (Phi) is 6.63. The molecule has 1 saturated heterocycles. The maximum Gasteiger partial charge on any atom is 0.417 e. The van der Waals surface area contributed by atoms with Crippen LogP contribution in [0.1, 0.15) is 42.1 Å². The zero-order valence-corrected chi connectivity index (χ0v) is 19.2. The summed E-state index contributed by atoms with van der Waals surface area (Å²) in [7, 11) is -2.18. The van der Waals surface area contributed by atoms with Gasteiger partial charge in [0.1, 0.15) is 5.82 Å². The van der Waals surface area contributed by atoms with Crippen LogP contribution in [0, 0.1) is 0 Å². The van der Waals surface area contributed by atoms with Gasteiger partial charge in [0.25, 0.3) is 0 Å². The Bertz CT molecular complexity index is 1290. The van der Waals surface area contributed by atoms with Crippen molar-refractivity contribution in [1.29, 1.82) is 0 Å². The lowest BCUT2D eigenvalue weighted by Crippen LogP contribution is -2.39. The fraction of sp³-hybridized carbons (Fsp3) is 0.409. The summed E-state index contributed by atoms with van der Waals surface area (Å²) in [5.41, 5.74) is 0.383. The Labute approximate surface area is 194 Å². The molecule has 1 N–H and O–H groups in total. The second-order valence-corrected chi connectivity index (χ2v) is 10.1. The normalized spacial score (nSPS) is 17.3. The second-order valence-electron chi connectivity index (χ2n) is 8.23. The van der Waals surface area contributed by atoms with Crippen LogP contribution in [0.3, 0.4) is 0 Å². The van der Waals surface area contributed by atoms with E-state index in [1.54, 1.807) is 17.0 Å². The third-order valence-electron chi connectivity index (χ3n) is 6.03. The van der Waals surface area contributed by atoms with Gasteiger partial charge in [-0.1, -0.05) is 12.1 Å². The molecule has 4 rings (SSSR count). The minimum absolute atomic E-state index is 0.0681. The standard InChI is InChI=1S/C22H24F3N5O3S/c1-26-34(32,33)18-8-4-15(5-9-18)6-11-20(31)29-12-2-3-16(13-29)21-28-27-19-10-7-17(14-30(19)21)22(23,24)25/h4-5,7-10,14,16,26H,2-3,6,11-13H2,1H3. The average Bonchev–Trinajstić information content (AvgIpc) is 3.26. The molecule has 0 bridgehead atoms. The number of pyridine rings is 1. The number of halogens is 3. The van der Waals surface area contributed by atoms with E-state index >= 15 is 0 Å². The Morgan fingerprint density at radius 1 is 1.15 bits per heavy atom. The van der Waals surface area contributed by atoms with Crippen LogP contribution in [0.4, 0.5) is 13.2 Å². The van der Waals surface area contributed by atoms with Gasteiger partial charge in [0.05, 0.1) is 10.5 Å². The monoisotopic (exact) mass is 495 g/mol. The topological polar surface area (TPSA) is 96.7 Å². The van der Waals surface area contributed by atoms with Gasteiger partial charge in [-0.2, -0.15) is 13.2 Å². The molecule has 1 amide bonds. The number of nitrogens with zero attached hydrogens (tertiary/aromatic N) is 4. The van der Waals surface area contributed by atoms with E-state index in [9.17, 15) is 26.4 Å². The van der Waals surface area contributed by atoms with E-state index in [4.69, 9.17) is 0 Å². The van der Waals surface area contributed by atoms with Crippen molar-refractivity contribution in [3.05, 3.63) is 59.5 Å². The van der Waals surface area contributed by atoms with E-state index in [0.717, 1.165) is 17.8 Å². The molecular weight excluding hydrogens is 471 g/mol. The lowest BCUT2D eigenvalue weighted by molar-refractivity contribution is -0.137. The number of nitrogens with one attached hydrogen (secondary N) is 1. The molecule has 8 nitrogen and oxygen atoms in total. The molecule has 1 aromatic carbocycles. The number of carbonyl (C=O) groups is 1. The number of aromatic nitrogens is 3. The van der Waals surface area contributed by atoms with Crippen LogP contribution >= 0.6 is 0 Å². The predicted molar refractivity (Wildman–Crippen MR) is 118 cm³/mol. The van der Waals surface area contributed by atoms with Crippen molar-refractivity contribution in [2.45, 2.75) is 42.7 Å². The number of sulfonamides is 1. The molecule has 12 heteroatoms. The second kappa shape index (κ2) is 9.34. The summed E-state index contributed by atoms with van der Waals surface area (Å²) in [5.74, 6) is 0.128. The van der Waals surface area contributed by atoms with Gasteiger partial charge in [0.2, 0.25) is 15.9 Å². The Balaban J connectivity index is 1.42. The van der Waals surface area contributed by atoms with E-state index in [1.165, 1.54) is 29.6 Å². The highest BCUT2D eigenvalue weighted by molar-refractivity contribution is 7.89. The third kappa shape index (κ3) is 5.07. The van der Waals surface area contributed by atoms with Crippen LogP contribution in [0.2, 0.25) is 0 Å². The highest BCUT2D eigenvalue weighted by atomic mass is 32.2. The number of piperidine rings is 1. The molecule has 0 radical (unpaired) electrons. The van der Waals surface area contributed by atoms with Gasteiger partial charge < -0.3 is 4.90 Å². The van der Waals surface area contributed by atoms with Gasteiger partial charge in [0.15, 0.2) is 5.65 Å². The maximum absolute atomic E-state index is 13.1. The van der Waals surface area contributed by atoms with Gasteiger partial charge in [-0.05, 0) is 56.1 Å². The number of carbonyl (C=O) groups excluding carboxylic acids is 1. The summed E-state index contributed by atoms with van der Waals surface area (Å²) in [6, 6.07) is 8.61. The number of hydrogen-bond donors (Lipinski definition) is 1. The van der Waals surface area contributed by atoms with Crippen molar-refractivity contribution in [3.63, 3.8) is 0 Å². The van der Waals surface area contributed by atoms with E-state index in [1.807, 2.05) is 0 Å². The molecule has 3 aromatic rings. The van der Waals surface area contributed by atoms with Gasteiger partial charge >= 0.3 is 6.18 Å². The van der Waals surface area contributed by atoms with Crippen molar-refractivity contribution in [2.75, 3.05) is 20.1 Å². The summed E-state index contributed by atoms with van der Waals surface area (Å²) in [4.78, 5) is 14.7. The lowest BCUT2D eigenvalue weighted by Gasteiger charge is -2.32. The highest BCUT2D eigenvalue weighted by Gasteiger charge is 2.32. The molecule has 1 atom stereocenters. The first-order valence-corrected chi connectivity index (χ1v) is 12.3. The number of aryl methyl sites for hydroxylation is 1. The minimum atomic E-state index is -4.47. The number of amides is 1. The van der Waals surface area contributed by atoms with Crippen LogP contribution < -0.4 is 4.72 Å². The molecule has 1 fully saturated rings. The quantitative estimate of drug-likeness (QED) is 0.567. The first-order chi connectivity index (χ1) is 16.1. The molecule has 1 aliphatic rings. The molecule has 182 valence electrons. The predicted octanol–water partition coefficient (Wildman–Crippen LogP) is 3.00. The van der Waals surface area contributed by atoms with Crippen molar-refractivity contribution in [2.24, 2.45) is 0 Å². The third-order valence-corrected chi connectivity index (χ3v) is 7.46. The molecule has 34 heavy (non-hydrogen) atoms. The summed E-state index contributed by atoms with van der Waals surface area (Å²) < 4.78 is 66.7. The first kappa shape index (κ1) is 24.1. The molecule has 2 aromatic heterocycles. The van der Waals surface area contributed by atoms with Crippen LogP contribution in [0.5, 0.6) is 0 Å². The van der Waals surface area contributed by atoms with Gasteiger partial charge in [-0.3, -0.25) is 9.20 Å². The summed E-state index contributed by atoms with van der Waals surface area (Å²) >= 11 is 0. The molecular formula is C22H24F3N5O3S. The van der Waals surface area contributed by atoms with Gasteiger partial charge in [0, 0.05) is 31.6 Å². The molecule has 0 spiro atoms. The molecule has 0 aliphatic carbocycles. The van der Waals surface area contributed by atoms with E-state index in [2.05, 4.69) is 14.9 Å². The fourth-order valence-corrected chi connectivity index (χ4v) is 4.86. The number of rotatable bonds is 6. The Morgan fingerprint density at radius 3 is 2.56 bits per heavy atom. The summed E-state index contributed by atoms with van der Waals surface area (Å²) in [6.45, 7) is 0.925. The molecule has 1 aliphatic heterocycles. The van der Waals surface area contributed by atoms with Gasteiger partial charge in [-0.25, -0.2) is 13.1 Å². The average molecular weight is 496 g/mol. The van der Waals surface area contributed by atoms with Crippen molar-refractivity contribution < 1.29 is 26.4 Å². The number of fused-ring (bicyclic) bond motifs is 1. The van der Waals surface area contributed by atoms with Crippen molar-refractivity contribution >= 4 is 21.6 Å². The smallest absolute Gasteiger partial charge is 0.342 e. The van der Waals surface area contributed by atoms with E-state index in [-0.39, 0.29) is 23.1 Å². The SMILES string of the molecule is CNS(=O)(=O)c1ccc(CCC(=O)N2CCCC(c3nnc4ccc(C(F)(F)F)cn34)C2)cc1.